The Hall–Kier alpha value is -2.29. The molecule has 0 radical (unpaired) electrons. The van der Waals surface area contributed by atoms with Crippen molar-refractivity contribution < 1.29 is 19.1 Å². The summed E-state index contributed by atoms with van der Waals surface area (Å²) < 4.78 is 12.2. The minimum Gasteiger partial charge on any atom is -0.497 e. The Morgan fingerprint density at radius 3 is 2.68 bits per heavy atom. The number of fused-ring (bicyclic) bond motifs is 1. The molecular formula is C19H16BrClN2O4S. The number of rotatable bonds is 5. The zero-order chi connectivity index (χ0) is 20.3. The second-order valence-electron chi connectivity index (χ2n) is 5.83. The van der Waals surface area contributed by atoms with Gasteiger partial charge in [0.25, 0.3) is 11.8 Å². The van der Waals surface area contributed by atoms with E-state index in [-0.39, 0.29) is 6.61 Å². The first-order chi connectivity index (χ1) is 13.4. The quantitative estimate of drug-likeness (QED) is 0.525. The van der Waals surface area contributed by atoms with Gasteiger partial charge in [-0.1, -0.05) is 17.7 Å². The van der Waals surface area contributed by atoms with Crippen LogP contribution in [0.1, 0.15) is 15.2 Å². The first-order valence-corrected chi connectivity index (χ1v) is 10.1. The van der Waals surface area contributed by atoms with E-state index < -0.39 is 11.8 Å². The summed E-state index contributed by atoms with van der Waals surface area (Å²) in [4.78, 5) is 24.6. The second-order valence-corrected chi connectivity index (χ2v) is 8.12. The number of carbonyl (C=O) groups excluding carboxylic acids is 2. The van der Waals surface area contributed by atoms with Crippen molar-refractivity contribution >= 4 is 60.8 Å². The van der Waals surface area contributed by atoms with Gasteiger partial charge in [0.15, 0.2) is 6.61 Å². The number of hydrogen-bond acceptors (Lipinski definition) is 5. The van der Waals surface area contributed by atoms with Gasteiger partial charge in [0, 0.05) is 10.1 Å². The molecule has 6 nitrogen and oxygen atoms in total. The molecular weight excluding hydrogens is 468 g/mol. The number of nitrogens with one attached hydrogen (secondary N) is 2. The topological polar surface area (TPSA) is 76.7 Å². The van der Waals surface area contributed by atoms with E-state index in [0.717, 1.165) is 20.1 Å². The van der Waals surface area contributed by atoms with Gasteiger partial charge in [-0.3, -0.25) is 20.4 Å². The van der Waals surface area contributed by atoms with Gasteiger partial charge in [-0.05, 0) is 58.7 Å². The molecule has 2 aromatic carbocycles. The molecule has 1 heterocycles. The maximum Gasteiger partial charge on any atom is 0.281 e. The van der Waals surface area contributed by atoms with Crippen molar-refractivity contribution in [3.63, 3.8) is 0 Å². The molecule has 0 aliphatic carbocycles. The zero-order valence-corrected chi connectivity index (χ0v) is 18.1. The summed E-state index contributed by atoms with van der Waals surface area (Å²) in [5.74, 6) is 0.202. The van der Waals surface area contributed by atoms with E-state index >= 15 is 0 Å². The van der Waals surface area contributed by atoms with Gasteiger partial charge in [0.2, 0.25) is 0 Å². The van der Waals surface area contributed by atoms with Gasteiger partial charge < -0.3 is 9.47 Å². The standard InChI is InChI=1S/C19H16BrClN2O4S/c1-10-3-6-14(13(20)7-10)27-9-16(24)22-23-19(25)18-17(21)12-5-4-11(26-2)8-15(12)28-18/h3-8H,9H2,1-2H3,(H,22,24)(H,23,25). The molecule has 2 N–H and O–H groups in total. The Balaban J connectivity index is 1.59. The lowest BCUT2D eigenvalue weighted by Gasteiger charge is -2.10. The van der Waals surface area contributed by atoms with Crippen LogP contribution in [0.15, 0.2) is 40.9 Å². The second kappa shape index (κ2) is 8.81. The number of thiophene rings is 1. The average molecular weight is 484 g/mol. The highest BCUT2D eigenvalue weighted by Gasteiger charge is 2.18. The Labute approximate surface area is 178 Å². The van der Waals surface area contributed by atoms with Gasteiger partial charge in [-0.15, -0.1) is 11.3 Å². The summed E-state index contributed by atoms with van der Waals surface area (Å²) in [5, 5.41) is 1.07. The van der Waals surface area contributed by atoms with Crippen molar-refractivity contribution in [3.8, 4) is 11.5 Å². The molecule has 28 heavy (non-hydrogen) atoms. The van der Waals surface area contributed by atoms with Crippen LogP contribution in [0.4, 0.5) is 0 Å². The van der Waals surface area contributed by atoms with Crippen LogP contribution in [0.25, 0.3) is 10.1 Å². The van der Waals surface area contributed by atoms with Crippen LogP contribution in [0, 0.1) is 6.92 Å². The number of amides is 2. The average Bonchev–Trinajstić information content (AvgIpc) is 3.01. The highest BCUT2D eigenvalue weighted by Crippen LogP contribution is 2.37. The molecule has 9 heteroatoms. The van der Waals surface area contributed by atoms with Crippen LogP contribution in [-0.2, 0) is 4.79 Å². The largest absolute Gasteiger partial charge is 0.497 e. The maximum absolute atomic E-state index is 12.4. The number of halogens is 2. The predicted octanol–water partition coefficient (Wildman–Crippen LogP) is 4.47. The van der Waals surface area contributed by atoms with Crippen molar-refractivity contribution in [2.75, 3.05) is 13.7 Å². The fraction of sp³-hybridized carbons (Fsp3) is 0.158. The van der Waals surface area contributed by atoms with Gasteiger partial charge in [0.05, 0.1) is 16.6 Å². The Morgan fingerprint density at radius 1 is 1.18 bits per heavy atom. The summed E-state index contributed by atoms with van der Waals surface area (Å²) in [6, 6.07) is 10.9. The van der Waals surface area contributed by atoms with E-state index in [4.69, 9.17) is 21.1 Å². The highest BCUT2D eigenvalue weighted by molar-refractivity contribution is 9.10. The fourth-order valence-corrected chi connectivity index (χ4v) is 4.45. The van der Waals surface area contributed by atoms with Crippen molar-refractivity contribution in [3.05, 3.63) is 56.3 Å². The first-order valence-electron chi connectivity index (χ1n) is 8.13. The molecule has 0 aliphatic heterocycles. The minimum atomic E-state index is -0.505. The number of hydrogen-bond donors (Lipinski definition) is 2. The third kappa shape index (κ3) is 4.57. The van der Waals surface area contributed by atoms with Crippen LogP contribution in [-0.4, -0.2) is 25.5 Å². The SMILES string of the molecule is COc1ccc2c(Cl)c(C(=O)NNC(=O)COc3ccc(C)cc3Br)sc2c1. The van der Waals surface area contributed by atoms with Crippen LogP contribution in [0.3, 0.4) is 0 Å². The summed E-state index contributed by atoms with van der Waals surface area (Å²) in [6.45, 7) is 1.70. The first kappa shape index (κ1) is 20.4. The molecule has 3 aromatic rings. The van der Waals surface area contributed by atoms with E-state index in [2.05, 4.69) is 26.8 Å². The van der Waals surface area contributed by atoms with Crippen molar-refractivity contribution in [1.82, 2.24) is 10.9 Å². The lowest BCUT2D eigenvalue weighted by atomic mass is 10.2. The van der Waals surface area contributed by atoms with Crippen LogP contribution in [0.5, 0.6) is 11.5 Å². The third-order valence-corrected chi connectivity index (χ3v) is 6.08. The van der Waals surface area contributed by atoms with Crippen LogP contribution < -0.4 is 20.3 Å². The van der Waals surface area contributed by atoms with Gasteiger partial charge in [-0.2, -0.15) is 0 Å². The molecule has 0 atom stereocenters. The number of benzene rings is 2. The van der Waals surface area contributed by atoms with Crippen molar-refractivity contribution in [2.45, 2.75) is 6.92 Å². The number of hydrazine groups is 1. The molecule has 0 saturated carbocycles. The summed E-state index contributed by atoms with van der Waals surface area (Å²) in [6.07, 6.45) is 0. The predicted molar refractivity (Wildman–Crippen MR) is 113 cm³/mol. The van der Waals surface area contributed by atoms with E-state index in [1.54, 1.807) is 31.4 Å². The number of aryl methyl sites for hydroxylation is 1. The van der Waals surface area contributed by atoms with Crippen molar-refractivity contribution in [2.24, 2.45) is 0 Å². The van der Waals surface area contributed by atoms with Gasteiger partial charge in [-0.25, -0.2) is 0 Å². The normalized spacial score (nSPS) is 10.6. The highest BCUT2D eigenvalue weighted by atomic mass is 79.9. The molecule has 2 amide bonds. The number of carbonyl (C=O) groups is 2. The monoisotopic (exact) mass is 482 g/mol. The Kier molecular flexibility index (Phi) is 6.43. The van der Waals surface area contributed by atoms with Crippen molar-refractivity contribution in [1.29, 1.82) is 0 Å². The van der Waals surface area contributed by atoms with Crippen LogP contribution in [0.2, 0.25) is 5.02 Å². The van der Waals surface area contributed by atoms with Gasteiger partial charge in [0.1, 0.15) is 16.4 Å². The molecule has 0 aliphatic rings. The Bertz CT molecular complexity index is 1050. The molecule has 146 valence electrons. The molecule has 0 spiro atoms. The summed E-state index contributed by atoms with van der Waals surface area (Å²) >= 11 is 10.9. The molecule has 0 fully saturated rings. The summed E-state index contributed by atoms with van der Waals surface area (Å²) in [7, 11) is 1.57. The molecule has 0 unspecified atom stereocenters. The third-order valence-electron chi connectivity index (χ3n) is 3.80. The van der Waals surface area contributed by atoms with Gasteiger partial charge >= 0.3 is 0 Å². The molecule has 0 saturated heterocycles. The fourth-order valence-electron chi connectivity index (χ4n) is 2.40. The van der Waals surface area contributed by atoms with E-state index in [9.17, 15) is 9.59 Å². The van der Waals surface area contributed by atoms with Crippen LogP contribution >= 0.6 is 38.9 Å². The lowest BCUT2D eigenvalue weighted by molar-refractivity contribution is -0.123. The zero-order valence-electron chi connectivity index (χ0n) is 15.0. The number of methoxy groups -OCH3 is 1. The Morgan fingerprint density at radius 2 is 1.96 bits per heavy atom. The lowest BCUT2D eigenvalue weighted by Crippen LogP contribution is -2.43. The smallest absolute Gasteiger partial charge is 0.281 e. The van der Waals surface area contributed by atoms with E-state index in [0.29, 0.717) is 21.4 Å². The maximum atomic E-state index is 12.4. The molecule has 1 aromatic heterocycles. The van der Waals surface area contributed by atoms with E-state index in [1.807, 2.05) is 19.1 Å². The summed E-state index contributed by atoms with van der Waals surface area (Å²) in [5.41, 5.74) is 5.74. The minimum absolute atomic E-state index is 0.251. The number of ether oxygens (including phenoxy) is 2. The molecule has 0 bridgehead atoms. The van der Waals surface area contributed by atoms with E-state index in [1.165, 1.54) is 11.3 Å². The molecule has 3 rings (SSSR count).